The van der Waals surface area contributed by atoms with Crippen molar-refractivity contribution >= 4 is 0 Å². The second-order valence-electron chi connectivity index (χ2n) is 3.95. The van der Waals surface area contributed by atoms with Crippen LogP contribution in [0.3, 0.4) is 0 Å². The molecule has 0 aliphatic heterocycles. The van der Waals surface area contributed by atoms with Crippen molar-refractivity contribution in [1.29, 1.82) is 0 Å². The van der Waals surface area contributed by atoms with Gasteiger partial charge in [0.05, 0.1) is 0 Å². The van der Waals surface area contributed by atoms with Crippen LogP contribution in [0.2, 0.25) is 0 Å². The largest absolute Gasteiger partial charge is 0.106 e. The third-order valence-electron chi connectivity index (χ3n) is 2.54. The summed E-state index contributed by atoms with van der Waals surface area (Å²) in [6.07, 6.45) is 7.15. The summed E-state index contributed by atoms with van der Waals surface area (Å²) in [5, 5.41) is 0. The Morgan fingerprint density at radius 1 is 0.923 bits per heavy atom. The molecule has 2 unspecified atom stereocenters. The molecule has 0 amide bonds. The molecule has 1 saturated carbocycles. The second-order valence-corrected chi connectivity index (χ2v) is 3.95. The first-order valence-corrected chi connectivity index (χ1v) is 5.72. The second kappa shape index (κ2) is 11.7. The van der Waals surface area contributed by atoms with E-state index in [4.69, 9.17) is 0 Å². The van der Waals surface area contributed by atoms with Crippen molar-refractivity contribution in [2.45, 2.75) is 59.8 Å². The summed E-state index contributed by atoms with van der Waals surface area (Å²) in [6, 6.07) is 0. The Kier molecular flexibility index (Phi) is 13.7. The Morgan fingerprint density at radius 3 is 1.31 bits per heavy atom. The lowest BCUT2D eigenvalue weighted by atomic mass is 9.82. The van der Waals surface area contributed by atoms with Crippen LogP contribution in [-0.4, -0.2) is 0 Å². The number of rotatable bonds is 0. The Hall–Kier alpha value is -0.260. The van der Waals surface area contributed by atoms with Gasteiger partial charge in [-0.15, -0.1) is 13.2 Å². The van der Waals surface area contributed by atoms with E-state index in [1.54, 1.807) is 0 Å². The quantitative estimate of drug-likeness (QED) is 0.462. The van der Waals surface area contributed by atoms with E-state index in [9.17, 15) is 0 Å². The van der Waals surface area contributed by atoms with Gasteiger partial charge in [0.15, 0.2) is 0 Å². The zero-order valence-corrected chi connectivity index (χ0v) is 10.1. The average molecular weight is 184 g/mol. The van der Waals surface area contributed by atoms with Gasteiger partial charge in [-0.2, -0.15) is 0 Å². The predicted octanol–water partition coefficient (Wildman–Crippen LogP) is 5.05. The fourth-order valence-corrected chi connectivity index (χ4v) is 1.50. The third kappa shape index (κ3) is 9.66. The first-order valence-electron chi connectivity index (χ1n) is 5.72. The smallest absolute Gasteiger partial charge is 0.0417 e. The van der Waals surface area contributed by atoms with Gasteiger partial charge in [-0.3, -0.25) is 0 Å². The van der Waals surface area contributed by atoms with Gasteiger partial charge >= 0.3 is 0 Å². The molecule has 0 aromatic heterocycles. The van der Waals surface area contributed by atoms with Crippen molar-refractivity contribution in [2.75, 3.05) is 0 Å². The molecule has 80 valence electrons. The van der Waals surface area contributed by atoms with Gasteiger partial charge in [0, 0.05) is 0 Å². The van der Waals surface area contributed by atoms with Crippen molar-refractivity contribution < 1.29 is 0 Å². The Bertz CT molecular complexity index is 76.0. The molecule has 2 atom stereocenters. The van der Waals surface area contributed by atoms with Gasteiger partial charge in [0.25, 0.3) is 0 Å². The molecule has 0 radical (unpaired) electrons. The molecule has 0 saturated heterocycles. The van der Waals surface area contributed by atoms with E-state index in [2.05, 4.69) is 40.9 Å². The maximum atomic E-state index is 3.00. The first-order chi connectivity index (χ1) is 6.22. The molecule has 0 nitrogen and oxygen atoms in total. The van der Waals surface area contributed by atoms with Crippen LogP contribution < -0.4 is 0 Å². The fourth-order valence-electron chi connectivity index (χ4n) is 1.50. The van der Waals surface area contributed by atoms with E-state index < -0.39 is 0 Å². The summed E-state index contributed by atoms with van der Waals surface area (Å²) in [5.41, 5.74) is 0. The zero-order chi connectivity index (χ0) is 10.7. The minimum absolute atomic E-state index is 1.00. The van der Waals surface area contributed by atoms with Gasteiger partial charge in [0.2, 0.25) is 0 Å². The van der Waals surface area contributed by atoms with Crippen LogP contribution in [-0.2, 0) is 0 Å². The molecule has 13 heavy (non-hydrogen) atoms. The fraction of sp³-hybridized carbons (Fsp3) is 0.846. The Labute approximate surface area is 85.4 Å². The van der Waals surface area contributed by atoms with Crippen molar-refractivity contribution in [3.8, 4) is 0 Å². The standard InChI is InChI=1S/C8H16.C3H8.C2H4/c1-7-5-3-4-6-8(7)2;1-3-2;1-2/h7-8H,3-6H2,1-2H3;3H2,1-2H3;1-2H2. The summed E-state index contributed by atoms with van der Waals surface area (Å²) in [5.74, 6) is 2.01. The van der Waals surface area contributed by atoms with Gasteiger partial charge in [-0.25, -0.2) is 0 Å². The maximum absolute atomic E-state index is 3.00. The number of hydrogen-bond donors (Lipinski definition) is 0. The highest BCUT2D eigenvalue weighted by Crippen LogP contribution is 2.28. The maximum Gasteiger partial charge on any atom is -0.0417 e. The van der Waals surface area contributed by atoms with Gasteiger partial charge in [-0.05, 0) is 11.8 Å². The van der Waals surface area contributed by atoms with Crippen molar-refractivity contribution in [3.05, 3.63) is 13.2 Å². The van der Waals surface area contributed by atoms with Gasteiger partial charge in [0.1, 0.15) is 0 Å². The van der Waals surface area contributed by atoms with E-state index in [0.717, 1.165) is 11.8 Å². The highest BCUT2D eigenvalue weighted by atomic mass is 14.2. The first kappa shape index (κ1) is 15.2. The molecule has 0 spiro atoms. The summed E-state index contributed by atoms with van der Waals surface area (Å²) >= 11 is 0. The van der Waals surface area contributed by atoms with Crippen LogP contribution in [0.1, 0.15) is 59.8 Å². The Balaban J connectivity index is 0. The molecule has 1 rings (SSSR count). The summed E-state index contributed by atoms with van der Waals surface area (Å²) in [7, 11) is 0. The minimum Gasteiger partial charge on any atom is -0.106 e. The molecule has 1 aliphatic rings. The van der Waals surface area contributed by atoms with E-state index in [1.165, 1.54) is 32.1 Å². The van der Waals surface area contributed by atoms with Crippen LogP contribution in [0, 0.1) is 11.8 Å². The molecule has 0 bridgehead atoms. The van der Waals surface area contributed by atoms with Gasteiger partial charge in [-0.1, -0.05) is 59.8 Å². The Morgan fingerprint density at radius 2 is 1.15 bits per heavy atom. The van der Waals surface area contributed by atoms with Crippen LogP contribution in [0.15, 0.2) is 13.2 Å². The summed E-state index contributed by atoms with van der Waals surface area (Å²) < 4.78 is 0. The predicted molar refractivity (Wildman–Crippen MR) is 64.0 cm³/mol. The molecule has 0 heterocycles. The van der Waals surface area contributed by atoms with E-state index in [-0.39, 0.29) is 0 Å². The molecule has 0 aromatic rings. The SMILES string of the molecule is C=C.CC1CCCCC1C.CCC. The van der Waals surface area contributed by atoms with E-state index in [1.807, 2.05) is 0 Å². The molecular weight excluding hydrogens is 156 g/mol. The van der Waals surface area contributed by atoms with Crippen molar-refractivity contribution in [3.63, 3.8) is 0 Å². The lowest BCUT2D eigenvalue weighted by molar-refractivity contribution is 0.277. The summed E-state index contributed by atoms with van der Waals surface area (Å²) in [6.45, 7) is 15.0. The normalized spacial score (nSPS) is 26.2. The number of hydrogen-bond acceptors (Lipinski definition) is 0. The highest BCUT2D eigenvalue weighted by molar-refractivity contribution is 4.67. The van der Waals surface area contributed by atoms with E-state index in [0.29, 0.717) is 0 Å². The highest BCUT2D eigenvalue weighted by Gasteiger charge is 2.15. The lowest BCUT2D eigenvalue weighted by Crippen LogP contribution is -2.12. The third-order valence-corrected chi connectivity index (χ3v) is 2.54. The van der Waals surface area contributed by atoms with Crippen LogP contribution in [0.25, 0.3) is 0 Å². The molecule has 1 aliphatic carbocycles. The average Bonchev–Trinajstić information content (AvgIpc) is 2.15. The molecular formula is C13H28. The lowest BCUT2D eigenvalue weighted by Gasteiger charge is -2.24. The topological polar surface area (TPSA) is 0 Å². The summed E-state index contributed by atoms with van der Waals surface area (Å²) in [4.78, 5) is 0. The molecule has 0 aromatic carbocycles. The van der Waals surface area contributed by atoms with Crippen LogP contribution in [0.4, 0.5) is 0 Å². The molecule has 0 N–H and O–H groups in total. The molecule has 1 fully saturated rings. The van der Waals surface area contributed by atoms with Crippen molar-refractivity contribution in [2.24, 2.45) is 11.8 Å². The van der Waals surface area contributed by atoms with E-state index >= 15 is 0 Å². The zero-order valence-electron chi connectivity index (χ0n) is 10.1. The van der Waals surface area contributed by atoms with Crippen LogP contribution in [0.5, 0.6) is 0 Å². The minimum atomic E-state index is 1.00. The monoisotopic (exact) mass is 184 g/mol. The molecule has 0 heteroatoms. The van der Waals surface area contributed by atoms with Gasteiger partial charge < -0.3 is 0 Å². The van der Waals surface area contributed by atoms with Crippen LogP contribution >= 0.6 is 0 Å². The van der Waals surface area contributed by atoms with Crippen molar-refractivity contribution in [1.82, 2.24) is 0 Å².